The minimum Gasteiger partial charge on any atom is -0.481 e. The Morgan fingerprint density at radius 1 is 1.11 bits per heavy atom. The second kappa shape index (κ2) is 10.7. The van der Waals surface area contributed by atoms with Gasteiger partial charge >= 0.3 is 5.97 Å². The quantitative estimate of drug-likeness (QED) is 0.188. The number of nitrogens with one attached hydrogen (secondary N) is 1. The zero-order chi connectivity index (χ0) is 25.1. The lowest BCUT2D eigenvalue weighted by atomic mass is 9.80. The Hall–Kier alpha value is -3.00. The predicted molar refractivity (Wildman–Crippen MR) is 143 cm³/mol. The van der Waals surface area contributed by atoms with Crippen molar-refractivity contribution in [3.05, 3.63) is 54.4 Å². The third kappa shape index (κ3) is 5.64. The lowest BCUT2D eigenvalue weighted by Crippen LogP contribution is -2.28. The number of hydrogen-bond acceptors (Lipinski definition) is 5. The van der Waals surface area contributed by atoms with E-state index in [9.17, 15) is 9.90 Å². The number of anilines is 1. The molecule has 1 fully saturated rings. The number of halogens is 1. The normalized spacial score (nSPS) is 19.0. The topological polar surface area (TPSA) is 118 Å². The van der Waals surface area contributed by atoms with Gasteiger partial charge in [0.2, 0.25) is 0 Å². The van der Waals surface area contributed by atoms with Crippen LogP contribution in [0.25, 0.3) is 22.4 Å². The van der Waals surface area contributed by atoms with Gasteiger partial charge in [0, 0.05) is 22.9 Å². The maximum Gasteiger partial charge on any atom is 0.306 e. The highest BCUT2D eigenvalue weighted by Crippen LogP contribution is 2.34. The van der Waals surface area contributed by atoms with E-state index >= 15 is 0 Å². The van der Waals surface area contributed by atoms with E-state index in [1.165, 1.54) is 10.2 Å². The highest BCUT2D eigenvalue weighted by molar-refractivity contribution is 9.10. The number of aliphatic carboxylic acids is 1. The second-order valence-corrected chi connectivity index (χ2v) is 10.8. The van der Waals surface area contributed by atoms with Crippen molar-refractivity contribution in [1.82, 2.24) is 14.8 Å². The number of carbonyl (C=O) groups is 1. The molecule has 0 saturated heterocycles. The fraction of sp³-hybridized carbons (Fsp3) is 0.407. The first-order valence-corrected chi connectivity index (χ1v) is 13.0. The minimum absolute atomic E-state index is 0.210. The van der Waals surface area contributed by atoms with Gasteiger partial charge in [0.05, 0.1) is 22.6 Å². The summed E-state index contributed by atoms with van der Waals surface area (Å²) < 4.78 is 1.47. The van der Waals surface area contributed by atoms with Crippen LogP contribution in [0, 0.1) is 17.2 Å². The molecule has 4 N–H and O–H groups in total. The number of hydrogen-bond donors (Lipinski definition) is 3. The lowest BCUT2D eigenvalue weighted by Gasteiger charge is -2.27. The van der Waals surface area contributed by atoms with Crippen molar-refractivity contribution in [2.24, 2.45) is 11.8 Å². The average molecular weight is 538 g/mol. The van der Waals surface area contributed by atoms with Gasteiger partial charge in [0.25, 0.3) is 0 Å². The first-order valence-electron chi connectivity index (χ1n) is 12.1. The first-order chi connectivity index (χ1) is 16.7. The van der Waals surface area contributed by atoms with E-state index in [1.54, 1.807) is 12.4 Å². The van der Waals surface area contributed by atoms with Crippen molar-refractivity contribution in [1.29, 1.82) is 5.41 Å². The number of carboxylic acids is 1. The summed E-state index contributed by atoms with van der Waals surface area (Å²) in [6, 6.07) is 12.4. The monoisotopic (exact) mass is 537 g/mol. The summed E-state index contributed by atoms with van der Waals surface area (Å²) in [4.78, 5) is 15.6. The van der Waals surface area contributed by atoms with Crippen molar-refractivity contribution in [2.75, 3.05) is 5.73 Å². The Bertz CT molecular complexity index is 1180. The van der Waals surface area contributed by atoms with Crippen LogP contribution < -0.4 is 5.73 Å². The maximum atomic E-state index is 11.2. The van der Waals surface area contributed by atoms with Gasteiger partial charge in [-0.05, 0) is 55.6 Å². The molecule has 0 amide bonds. The van der Waals surface area contributed by atoms with Crippen LogP contribution in [-0.4, -0.2) is 36.5 Å². The number of nitrogens with zero attached hydrogens (tertiary/aromatic N) is 3. The lowest BCUT2D eigenvalue weighted by molar-refractivity contribution is -0.143. The zero-order valence-corrected chi connectivity index (χ0v) is 21.7. The molecule has 1 saturated carbocycles. The number of carboxylic acid groups (broad SMARTS) is 1. The van der Waals surface area contributed by atoms with Crippen LogP contribution in [-0.2, 0) is 4.79 Å². The number of aromatic nitrogens is 3. The highest BCUT2D eigenvalue weighted by Gasteiger charge is 2.29. The zero-order valence-electron chi connectivity index (χ0n) is 20.1. The summed E-state index contributed by atoms with van der Waals surface area (Å²) in [5.41, 5.74) is 11.2. The van der Waals surface area contributed by atoms with Gasteiger partial charge < -0.3 is 10.8 Å². The van der Waals surface area contributed by atoms with Crippen molar-refractivity contribution < 1.29 is 9.90 Å². The fourth-order valence-corrected chi connectivity index (χ4v) is 5.44. The van der Waals surface area contributed by atoms with Crippen molar-refractivity contribution >= 4 is 33.6 Å². The molecular formula is C27H32BrN5O2. The number of alkyl halides is 1. The van der Waals surface area contributed by atoms with Gasteiger partial charge in [-0.15, -0.1) is 0 Å². The summed E-state index contributed by atoms with van der Waals surface area (Å²) in [6.45, 7) is 4.35. The predicted octanol–water partition coefficient (Wildman–Crippen LogP) is 6.19. The Labute approximate surface area is 214 Å². The molecule has 0 aliphatic heterocycles. The summed E-state index contributed by atoms with van der Waals surface area (Å²) in [7, 11) is 0. The van der Waals surface area contributed by atoms with Crippen LogP contribution in [0.3, 0.4) is 0 Å². The van der Waals surface area contributed by atoms with Gasteiger partial charge in [0.15, 0.2) is 0 Å². The van der Waals surface area contributed by atoms with Gasteiger partial charge in [-0.2, -0.15) is 5.10 Å². The van der Waals surface area contributed by atoms with Gasteiger partial charge in [0.1, 0.15) is 11.7 Å². The molecule has 0 radical (unpaired) electrons. The molecule has 1 atom stereocenters. The van der Waals surface area contributed by atoms with E-state index in [0.29, 0.717) is 30.5 Å². The second-order valence-electron chi connectivity index (χ2n) is 9.71. The van der Waals surface area contributed by atoms with Gasteiger partial charge in [-0.1, -0.05) is 60.1 Å². The van der Waals surface area contributed by atoms with Gasteiger partial charge in [-0.25, -0.2) is 4.68 Å². The van der Waals surface area contributed by atoms with Crippen LogP contribution >= 0.6 is 15.9 Å². The Balaban J connectivity index is 1.42. The molecule has 2 heterocycles. The standard InChI is InChI=1S/C27H32BrN5O2/c1-16(2)18-7-9-19(10-8-18)24-12-11-21(14-31-24)22-15-32-33(25(22)29)26(30)23(28)13-17-3-5-20(6-4-17)27(34)35/h7-12,14-17,20,23,30H,3-6,13,29H2,1-2H3,(H,34,35). The number of rotatable bonds is 7. The third-order valence-corrected chi connectivity index (χ3v) is 7.82. The van der Waals surface area contributed by atoms with Gasteiger partial charge in [-0.3, -0.25) is 15.2 Å². The Morgan fingerprint density at radius 3 is 2.34 bits per heavy atom. The van der Waals surface area contributed by atoms with Crippen LogP contribution in [0.1, 0.15) is 57.4 Å². The molecule has 35 heavy (non-hydrogen) atoms. The Kier molecular flexibility index (Phi) is 7.69. The number of benzene rings is 1. The molecule has 184 valence electrons. The molecule has 3 aromatic rings. The summed E-state index contributed by atoms with van der Waals surface area (Å²) >= 11 is 3.64. The number of nitrogens with two attached hydrogens (primary N) is 1. The fourth-order valence-electron chi connectivity index (χ4n) is 4.72. The summed E-state index contributed by atoms with van der Waals surface area (Å²) in [5, 5.41) is 22.2. The minimum atomic E-state index is -0.699. The molecule has 8 heteroatoms. The van der Waals surface area contributed by atoms with E-state index < -0.39 is 5.97 Å². The molecule has 2 aromatic heterocycles. The van der Waals surface area contributed by atoms with E-state index in [2.05, 4.69) is 64.1 Å². The number of nitrogen functional groups attached to an aromatic ring is 1. The van der Waals surface area contributed by atoms with E-state index in [0.717, 1.165) is 41.6 Å². The summed E-state index contributed by atoms with van der Waals surface area (Å²) in [6.07, 6.45) is 7.35. The van der Waals surface area contributed by atoms with E-state index in [1.807, 2.05) is 12.1 Å². The van der Waals surface area contributed by atoms with Crippen LogP contribution in [0.5, 0.6) is 0 Å². The molecule has 1 aliphatic rings. The van der Waals surface area contributed by atoms with Crippen molar-refractivity contribution in [3.63, 3.8) is 0 Å². The van der Waals surface area contributed by atoms with Crippen LogP contribution in [0.4, 0.5) is 5.82 Å². The van der Waals surface area contributed by atoms with Crippen LogP contribution in [0.2, 0.25) is 0 Å². The molecule has 0 bridgehead atoms. The molecule has 7 nitrogen and oxygen atoms in total. The third-order valence-electron chi connectivity index (χ3n) is 7.02. The maximum absolute atomic E-state index is 11.2. The average Bonchev–Trinajstić information content (AvgIpc) is 3.25. The number of pyridine rings is 1. The Morgan fingerprint density at radius 2 is 1.77 bits per heavy atom. The molecule has 0 spiro atoms. The SMILES string of the molecule is CC(C)c1ccc(-c2ccc(-c3cnn(C(=N)C(Br)CC4CCC(C(=O)O)CC4)c3N)cn2)cc1. The summed E-state index contributed by atoms with van der Waals surface area (Å²) in [5.74, 6) is 0.633. The van der Waals surface area contributed by atoms with Crippen molar-refractivity contribution in [2.45, 2.75) is 56.7 Å². The molecule has 1 unspecified atom stereocenters. The smallest absolute Gasteiger partial charge is 0.306 e. The first kappa shape index (κ1) is 25.1. The van der Waals surface area contributed by atoms with Crippen molar-refractivity contribution in [3.8, 4) is 22.4 Å². The van der Waals surface area contributed by atoms with E-state index in [4.69, 9.17) is 11.1 Å². The molecule has 4 rings (SSSR count). The molecular weight excluding hydrogens is 506 g/mol. The van der Waals surface area contributed by atoms with E-state index in [-0.39, 0.29) is 16.6 Å². The molecule has 1 aliphatic carbocycles. The van der Waals surface area contributed by atoms with Crippen LogP contribution in [0.15, 0.2) is 48.8 Å². The largest absolute Gasteiger partial charge is 0.481 e. The highest BCUT2D eigenvalue weighted by atomic mass is 79.9. The molecule has 1 aromatic carbocycles.